The van der Waals surface area contributed by atoms with Gasteiger partial charge < -0.3 is 9.88 Å². The van der Waals surface area contributed by atoms with Crippen molar-refractivity contribution in [3.63, 3.8) is 0 Å². The summed E-state index contributed by atoms with van der Waals surface area (Å²) in [6, 6.07) is 5.29. The SMILES string of the molecule is O=C1NC(=O)c2cc(-n3cnc4c3CCNC4)ccc21. The highest BCUT2D eigenvalue weighted by Gasteiger charge is 2.27. The number of imidazole rings is 1. The Kier molecular flexibility index (Phi) is 2.28. The highest BCUT2D eigenvalue weighted by Crippen LogP contribution is 2.23. The highest BCUT2D eigenvalue weighted by atomic mass is 16.2. The van der Waals surface area contributed by atoms with E-state index in [2.05, 4.69) is 15.6 Å². The normalized spacial score (nSPS) is 16.8. The van der Waals surface area contributed by atoms with E-state index in [9.17, 15) is 9.59 Å². The standard InChI is InChI=1S/C14H12N4O2/c19-13-9-2-1-8(5-10(9)14(20)17-13)18-7-16-11-6-15-4-3-12(11)18/h1-2,5,7,15H,3-4,6H2,(H,17,19,20). The van der Waals surface area contributed by atoms with E-state index in [4.69, 9.17) is 0 Å². The Labute approximate surface area is 114 Å². The summed E-state index contributed by atoms with van der Waals surface area (Å²) >= 11 is 0. The van der Waals surface area contributed by atoms with Crippen molar-refractivity contribution in [1.29, 1.82) is 0 Å². The minimum Gasteiger partial charge on any atom is -0.311 e. The molecule has 0 aliphatic carbocycles. The lowest BCUT2D eigenvalue weighted by Crippen LogP contribution is -2.24. The fourth-order valence-corrected chi connectivity index (χ4v) is 2.76. The van der Waals surface area contributed by atoms with Gasteiger partial charge in [-0.25, -0.2) is 4.98 Å². The number of carbonyl (C=O) groups excluding carboxylic acids is 2. The minimum atomic E-state index is -0.331. The van der Waals surface area contributed by atoms with Crippen molar-refractivity contribution >= 4 is 11.8 Å². The number of rotatable bonds is 1. The minimum absolute atomic E-state index is 0.326. The second-order valence-electron chi connectivity index (χ2n) is 4.95. The van der Waals surface area contributed by atoms with Gasteiger partial charge in [0.15, 0.2) is 0 Å². The van der Waals surface area contributed by atoms with Crippen molar-refractivity contribution in [2.24, 2.45) is 0 Å². The van der Waals surface area contributed by atoms with Gasteiger partial charge in [0.2, 0.25) is 0 Å². The monoisotopic (exact) mass is 268 g/mol. The molecule has 6 nitrogen and oxygen atoms in total. The highest BCUT2D eigenvalue weighted by molar-refractivity contribution is 6.21. The molecule has 0 spiro atoms. The van der Waals surface area contributed by atoms with Crippen molar-refractivity contribution < 1.29 is 9.59 Å². The summed E-state index contributed by atoms with van der Waals surface area (Å²) in [5.74, 6) is -0.657. The fraction of sp³-hybridized carbons (Fsp3) is 0.214. The van der Waals surface area contributed by atoms with Crippen LogP contribution in [-0.4, -0.2) is 27.9 Å². The Bertz CT molecular complexity index is 748. The molecule has 3 heterocycles. The van der Waals surface area contributed by atoms with Gasteiger partial charge in [0.25, 0.3) is 11.8 Å². The molecule has 20 heavy (non-hydrogen) atoms. The Morgan fingerprint density at radius 3 is 2.90 bits per heavy atom. The van der Waals surface area contributed by atoms with E-state index in [-0.39, 0.29) is 11.8 Å². The first-order chi connectivity index (χ1) is 9.74. The average molecular weight is 268 g/mol. The van der Waals surface area contributed by atoms with Gasteiger partial charge in [0, 0.05) is 30.9 Å². The van der Waals surface area contributed by atoms with Gasteiger partial charge in [-0.2, -0.15) is 0 Å². The van der Waals surface area contributed by atoms with Gasteiger partial charge in [-0.1, -0.05) is 0 Å². The lowest BCUT2D eigenvalue weighted by atomic mass is 10.1. The van der Waals surface area contributed by atoms with E-state index in [1.807, 2.05) is 10.6 Å². The number of imide groups is 1. The maximum atomic E-state index is 11.7. The second-order valence-corrected chi connectivity index (χ2v) is 4.95. The van der Waals surface area contributed by atoms with Crippen LogP contribution < -0.4 is 10.6 Å². The third-order valence-electron chi connectivity index (χ3n) is 3.78. The Balaban J connectivity index is 1.84. The van der Waals surface area contributed by atoms with Crippen LogP contribution in [0.25, 0.3) is 5.69 Å². The number of fused-ring (bicyclic) bond motifs is 2. The molecule has 100 valence electrons. The molecule has 0 fully saturated rings. The number of hydrogen-bond donors (Lipinski definition) is 2. The topological polar surface area (TPSA) is 76.0 Å². The van der Waals surface area contributed by atoms with Crippen LogP contribution in [0.3, 0.4) is 0 Å². The van der Waals surface area contributed by atoms with Crippen molar-refractivity contribution in [2.75, 3.05) is 6.54 Å². The summed E-state index contributed by atoms with van der Waals surface area (Å²) in [4.78, 5) is 27.7. The molecule has 2 amide bonds. The summed E-state index contributed by atoms with van der Waals surface area (Å²) in [5, 5.41) is 5.58. The lowest BCUT2D eigenvalue weighted by molar-refractivity contribution is 0.0879. The number of amides is 2. The lowest BCUT2D eigenvalue weighted by Gasteiger charge is -2.15. The molecule has 4 rings (SSSR count). The molecule has 0 unspecified atom stereocenters. The third-order valence-corrected chi connectivity index (χ3v) is 3.78. The molecule has 0 saturated carbocycles. The summed E-state index contributed by atoms with van der Waals surface area (Å²) in [5.41, 5.74) is 3.94. The van der Waals surface area contributed by atoms with E-state index in [0.29, 0.717) is 11.1 Å². The van der Waals surface area contributed by atoms with Crippen LogP contribution in [0.15, 0.2) is 24.5 Å². The van der Waals surface area contributed by atoms with Gasteiger partial charge in [-0.15, -0.1) is 0 Å². The second kappa shape index (κ2) is 4.01. The molecule has 0 radical (unpaired) electrons. The Morgan fingerprint density at radius 1 is 1.15 bits per heavy atom. The van der Waals surface area contributed by atoms with Crippen LogP contribution >= 0.6 is 0 Å². The summed E-state index contributed by atoms with van der Waals surface area (Å²) in [6.07, 6.45) is 2.67. The van der Waals surface area contributed by atoms with Crippen LogP contribution in [0.2, 0.25) is 0 Å². The van der Waals surface area contributed by atoms with E-state index in [1.54, 1.807) is 18.5 Å². The van der Waals surface area contributed by atoms with Crippen molar-refractivity contribution in [3.05, 3.63) is 47.0 Å². The molecule has 0 bridgehead atoms. The van der Waals surface area contributed by atoms with Crippen LogP contribution in [-0.2, 0) is 13.0 Å². The van der Waals surface area contributed by atoms with E-state index < -0.39 is 0 Å². The van der Waals surface area contributed by atoms with E-state index in [0.717, 1.165) is 36.6 Å². The molecule has 2 N–H and O–H groups in total. The van der Waals surface area contributed by atoms with E-state index >= 15 is 0 Å². The Hall–Kier alpha value is -2.47. The summed E-state index contributed by atoms with van der Waals surface area (Å²) < 4.78 is 1.99. The maximum Gasteiger partial charge on any atom is 0.259 e. The van der Waals surface area contributed by atoms with Crippen LogP contribution in [0, 0.1) is 0 Å². The van der Waals surface area contributed by atoms with Gasteiger partial charge in [-0.05, 0) is 18.2 Å². The number of benzene rings is 1. The van der Waals surface area contributed by atoms with Crippen LogP contribution in [0.5, 0.6) is 0 Å². The third kappa shape index (κ3) is 1.51. The van der Waals surface area contributed by atoms with Gasteiger partial charge >= 0.3 is 0 Å². The largest absolute Gasteiger partial charge is 0.311 e. The maximum absolute atomic E-state index is 11.7. The fourth-order valence-electron chi connectivity index (χ4n) is 2.76. The Morgan fingerprint density at radius 2 is 2.00 bits per heavy atom. The number of nitrogens with zero attached hydrogens (tertiary/aromatic N) is 2. The molecule has 6 heteroatoms. The molecule has 1 aromatic heterocycles. The van der Waals surface area contributed by atoms with Gasteiger partial charge in [0.05, 0.1) is 23.1 Å². The van der Waals surface area contributed by atoms with Crippen LogP contribution in [0.4, 0.5) is 0 Å². The molecular formula is C14H12N4O2. The summed E-state index contributed by atoms with van der Waals surface area (Å²) in [6.45, 7) is 1.69. The summed E-state index contributed by atoms with van der Waals surface area (Å²) in [7, 11) is 0. The van der Waals surface area contributed by atoms with Crippen molar-refractivity contribution in [1.82, 2.24) is 20.2 Å². The molecule has 2 aliphatic rings. The number of nitrogens with one attached hydrogen (secondary N) is 2. The van der Waals surface area contributed by atoms with E-state index in [1.165, 1.54) is 0 Å². The zero-order valence-electron chi connectivity index (χ0n) is 10.6. The quantitative estimate of drug-likeness (QED) is 0.734. The molecule has 0 saturated heterocycles. The first kappa shape index (κ1) is 11.4. The first-order valence-electron chi connectivity index (χ1n) is 6.50. The zero-order valence-corrected chi connectivity index (χ0v) is 10.6. The van der Waals surface area contributed by atoms with Crippen LogP contribution in [0.1, 0.15) is 32.1 Å². The van der Waals surface area contributed by atoms with Crippen molar-refractivity contribution in [3.8, 4) is 5.69 Å². The van der Waals surface area contributed by atoms with Crippen molar-refractivity contribution in [2.45, 2.75) is 13.0 Å². The molecular weight excluding hydrogens is 256 g/mol. The number of hydrogen-bond acceptors (Lipinski definition) is 4. The number of aromatic nitrogens is 2. The predicted molar refractivity (Wildman–Crippen MR) is 70.8 cm³/mol. The molecule has 2 aromatic rings. The molecule has 0 atom stereocenters. The smallest absolute Gasteiger partial charge is 0.259 e. The molecule has 2 aliphatic heterocycles. The number of carbonyl (C=O) groups is 2. The first-order valence-corrected chi connectivity index (χ1v) is 6.50. The molecule has 1 aromatic carbocycles. The average Bonchev–Trinajstić information content (AvgIpc) is 3.01. The van der Waals surface area contributed by atoms with Gasteiger partial charge in [-0.3, -0.25) is 14.9 Å². The van der Waals surface area contributed by atoms with Gasteiger partial charge in [0.1, 0.15) is 0 Å². The zero-order chi connectivity index (χ0) is 13.7. The predicted octanol–water partition coefficient (Wildman–Crippen LogP) is 0.402.